The van der Waals surface area contributed by atoms with Gasteiger partial charge in [-0.25, -0.2) is 4.98 Å². The van der Waals surface area contributed by atoms with Crippen LogP contribution in [0.5, 0.6) is 0 Å². The molecule has 4 nitrogen and oxygen atoms in total. The predicted octanol–water partition coefficient (Wildman–Crippen LogP) is 2.23. The maximum absolute atomic E-state index is 12.3. The summed E-state index contributed by atoms with van der Waals surface area (Å²) < 4.78 is 0. The summed E-state index contributed by atoms with van der Waals surface area (Å²) in [6, 6.07) is 1.48. The van der Waals surface area contributed by atoms with Crippen LogP contribution in [0, 0.1) is 5.92 Å². The molecule has 1 saturated heterocycles. The van der Waals surface area contributed by atoms with E-state index in [-0.39, 0.29) is 23.6 Å². The van der Waals surface area contributed by atoms with Crippen LogP contribution in [-0.2, 0) is 0 Å². The van der Waals surface area contributed by atoms with Crippen molar-refractivity contribution in [3.63, 3.8) is 0 Å². The normalized spacial score (nSPS) is 19.9. The average molecular weight is 289 g/mol. The molecule has 0 saturated carbocycles. The smallest absolute Gasteiger partial charge is 0.255 e. The molecule has 1 aromatic rings. The monoisotopic (exact) mass is 288 g/mol. The highest BCUT2D eigenvalue weighted by molar-refractivity contribution is 6.35. The van der Waals surface area contributed by atoms with E-state index in [9.17, 15) is 4.79 Å². The highest BCUT2D eigenvalue weighted by Gasteiger charge is 2.25. The molecule has 1 N–H and O–H groups in total. The molecule has 1 aromatic heterocycles. The van der Waals surface area contributed by atoms with Crippen LogP contribution in [0.25, 0.3) is 0 Å². The van der Waals surface area contributed by atoms with Crippen molar-refractivity contribution in [3.05, 3.63) is 28.0 Å². The first-order chi connectivity index (χ1) is 8.61. The summed E-state index contributed by atoms with van der Waals surface area (Å²) in [4.78, 5) is 17.8. The number of halogens is 2. The van der Waals surface area contributed by atoms with Crippen LogP contribution >= 0.6 is 23.2 Å². The van der Waals surface area contributed by atoms with Gasteiger partial charge in [-0.05, 0) is 24.8 Å². The molecule has 1 unspecified atom stereocenters. The van der Waals surface area contributed by atoms with Crippen molar-refractivity contribution in [2.24, 2.45) is 5.92 Å². The molecule has 18 heavy (non-hydrogen) atoms. The van der Waals surface area contributed by atoms with Crippen LogP contribution in [0.15, 0.2) is 12.3 Å². The summed E-state index contributed by atoms with van der Waals surface area (Å²) >= 11 is 11.7. The van der Waals surface area contributed by atoms with E-state index in [0.29, 0.717) is 23.7 Å². The third kappa shape index (κ3) is 2.94. The number of carbonyl (C=O) groups is 1. The van der Waals surface area contributed by atoms with Gasteiger partial charge in [0, 0.05) is 25.9 Å². The van der Waals surface area contributed by atoms with Crippen LogP contribution in [0.2, 0.25) is 10.2 Å². The Kier molecular flexibility index (Phi) is 4.43. The van der Waals surface area contributed by atoms with E-state index in [2.05, 4.69) is 4.98 Å². The summed E-state index contributed by atoms with van der Waals surface area (Å²) in [5.41, 5.74) is 0.371. The van der Waals surface area contributed by atoms with Crippen molar-refractivity contribution in [3.8, 4) is 0 Å². The van der Waals surface area contributed by atoms with Gasteiger partial charge < -0.3 is 10.0 Å². The van der Waals surface area contributed by atoms with Crippen molar-refractivity contribution < 1.29 is 9.90 Å². The van der Waals surface area contributed by atoms with E-state index in [0.717, 1.165) is 12.8 Å². The SMILES string of the molecule is O=C(c1cc(Cl)ncc1Cl)N1CCCC(CO)C1. The maximum atomic E-state index is 12.3. The zero-order valence-electron chi connectivity index (χ0n) is 9.77. The number of hydrogen-bond donors (Lipinski definition) is 1. The van der Waals surface area contributed by atoms with Gasteiger partial charge in [0.25, 0.3) is 5.91 Å². The van der Waals surface area contributed by atoms with Crippen molar-refractivity contribution in [1.82, 2.24) is 9.88 Å². The molecule has 1 aliphatic heterocycles. The van der Waals surface area contributed by atoms with Crippen molar-refractivity contribution in [2.45, 2.75) is 12.8 Å². The fourth-order valence-electron chi connectivity index (χ4n) is 2.15. The summed E-state index contributed by atoms with van der Waals surface area (Å²) in [5.74, 6) is 0.00114. The first-order valence-corrected chi connectivity index (χ1v) is 6.58. The van der Waals surface area contributed by atoms with Crippen molar-refractivity contribution in [2.75, 3.05) is 19.7 Å². The zero-order valence-corrected chi connectivity index (χ0v) is 11.3. The lowest BCUT2D eigenvalue weighted by molar-refractivity contribution is 0.0621. The largest absolute Gasteiger partial charge is 0.396 e. The van der Waals surface area contributed by atoms with Gasteiger partial charge in [-0.15, -0.1) is 0 Å². The lowest BCUT2D eigenvalue weighted by atomic mass is 9.98. The number of piperidine rings is 1. The second-order valence-corrected chi connectivity index (χ2v) is 5.22. The van der Waals surface area contributed by atoms with Crippen LogP contribution in [-0.4, -0.2) is 40.6 Å². The Hall–Kier alpha value is -0.840. The van der Waals surface area contributed by atoms with E-state index >= 15 is 0 Å². The number of pyridine rings is 1. The zero-order chi connectivity index (χ0) is 13.1. The van der Waals surface area contributed by atoms with Gasteiger partial charge >= 0.3 is 0 Å². The molecule has 1 atom stereocenters. The van der Waals surface area contributed by atoms with Gasteiger partial charge in [-0.1, -0.05) is 23.2 Å². The fraction of sp³-hybridized carbons (Fsp3) is 0.500. The van der Waals surface area contributed by atoms with Gasteiger partial charge in [0.1, 0.15) is 5.15 Å². The second-order valence-electron chi connectivity index (χ2n) is 4.43. The average Bonchev–Trinajstić information content (AvgIpc) is 2.41. The van der Waals surface area contributed by atoms with Gasteiger partial charge in [-0.3, -0.25) is 4.79 Å². The number of hydrogen-bond acceptors (Lipinski definition) is 3. The van der Waals surface area contributed by atoms with Gasteiger partial charge in [0.15, 0.2) is 0 Å². The number of likely N-dealkylation sites (tertiary alicyclic amines) is 1. The summed E-state index contributed by atoms with van der Waals surface area (Å²) in [6.45, 7) is 1.35. The van der Waals surface area contributed by atoms with Gasteiger partial charge in [0.2, 0.25) is 0 Å². The number of aliphatic hydroxyl groups excluding tert-OH is 1. The number of rotatable bonds is 2. The van der Waals surface area contributed by atoms with Gasteiger partial charge in [-0.2, -0.15) is 0 Å². The lowest BCUT2D eigenvalue weighted by Gasteiger charge is -2.32. The highest BCUT2D eigenvalue weighted by atomic mass is 35.5. The number of nitrogens with zero attached hydrogens (tertiary/aromatic N) is 2. The molecule has 0 aliphatic carbocycles. The Morgan fingerprint density at radius 1 is 1.56 bits per heavy atom. The summed E-state index contributed by atoms with van der Waals surface area (Å²) in [5, 5.41) is 9.71. The molecule has 0 bridgehead atoms. The molecule has 98 valence electrons. The Balaban J connectivity index is 2.17. The van der Waals surface area contributed by atoms with Gasteiger partial charge in [0.05, 0.1) is 10.6 Å². The number of amides is 1. The quantitative estimate of drug-likeness (QED) is 0.849. The predicted molar refractivity (Wildman–Crippen MR) is 70.0 cm³/mol. The van der Waals surface area contributed by atoms with E-state index in [1.54, 1.807) is 4.90 Å². The van der Waals surface area contributed by atoms with E-state index in [1.165, 1.54) is 12.3 Å². The van der Waals surface area contributed by atoms with Crippen LogP contribution < -0.4 is 0 Å². The second kappa shape index (κ2) is 5.87. The first-order valence-electron chi connectivity index (χ1n) is 5.83. The molecule has 2 heterocycles. The minimum Gasteiger partial charge on any atom is -0.396 e. The third-order valence-electron chi connectivity index (χ3n) is 3.12. The molecular formula is C12H14Cl2N2O2. The molecular weight excluding hydrogens is 275 g/mol. The minimum absolute atomic E-state index is 0.106. The lowest BCUT2D eigenvalue weighted by Crippen LogP contribution is -2.41. The van der Waals surface area contributed by atoms with E-state index in [1.807, 2.05) is 0 Å². The maximum Gasteiger partial charge on any atom is 0.255 e. The van der Waals surface area contributed by atoms with E-state index < -0.39 is 0 Å². The molecule has 1 aliphatic rings. The topological polar surface area (TPSA) is 53.4 Å². The Labute approximate surface area is 116 Å². The molecule has 2 rings (SSSR count). The van der Waals surface area contributed by atoms with Crippen LogP contribution in [0.4, 0.5) is 0 Å². The van der Waals surface area contributed by atoms with Crippen molar-refractivity contribution >= 4 is 29.1 Å². The standard InChI is InChI=1S/C12H14Cl2N2O2/c13-10-5-15-11(14)4-9(10)12(18)16-3-1-2-8(6-16)7-17/h4-5,8,17H,1-3,6-7H2. The summed E-state index contributed by atoms with van der Waals surface area (Å²) in [7, 11) is 0. The number of aromatic nitrogens is 1. The van der Waals surface area contributed by atoms with Crippen LogP contribution in [0.1, 0.15) is 23.2 Å². The Morgan fingerprint density at radius 3 is 3.06 bits per heavy atom. The molecule has 0 spiro atoms. The van der Waals surface area contributed by atoms with E-state index in [4.69, 9.17) is 28.3 Å². The number of aliphatic hydroxyl groups is 1. The summed E-state index contributed by atoms with van der Waals surface area (Å²) in [6.07, 6.45) is 3.23. The third-order valence-corrected chi connectivity index (χ3v) is 3.62. The Morgan fingerprint density at radius 2 is 2.33 bits per heavy atom. The fourth-order valence-corrected chi connectivity index (χ4v) is 2.49. The molecule has 1 amide bonds. The molecule has 0 radical (unpaired) electrons. The first kappa shape index (κ1) is 13.6. The minimum atomic E-state index is -0.151. The molecule has 1 fully saturated rings. The van der Waals surface area contributed by atoms with Crippen molar-refractivity contribution in [1.29, 1.82) is 0 Å². The van der Waals surface area contributed by atoms with Crippen LogP contribution in [0.3, 0.4) is 0 Å². The highest BCUT2D eigenvalue weighted by Crippen LogP contribution is 2.23. The molecule has 6 heteroatoms. The molecule has 0 aromatic carbocycles. The number of carbonyl (C=O) groups excluding carboxylic acids is 1. The Bertz CT molecular complexity index is 454.